The standard InChI is InChI=1S/C13H21NOS/c1-2-3-4-5-6-7-8-9-13(15)12-10-16-11-14-12/h10-11H,2-9H2,1H3. The lowest BCUT2D eigenvalue weighted by molar-refractivity contribution is 0.0975. The Morgan fingerprint density at radius 3 is 2.50 bits per heavy atom. The van der Waals surface area contributed by atoms with Gasteiger partial charge in [-0.15, -0.1) is 11.3 Å². The maximum Gasteiger partial charge on any atom is 0.182 e. The van der Waals surface area contributed by atoms with Crippen LogP contribution >= 0.6 is 11.3 Å². The van der Waals surface area contributed by atoms with E-state index >= 15 is 0 Å². The summed E-state index contributed by atoms with van der Waals surface area (Å²) in [6.07, 6.45) is 9.43. The molecule has 0 aliphatic rings. The Balaban J connectivity index is 1.97. The molecule has 1 rings (SSSR count). The summed E-state index contributed by atoms with van der Waals surface area (Å²) >= 11 is 1.49. The first-order valence-electron chi connectivity index (χ1n) is 6.26. The Labute approximate surface area is 102 Å². The summed E-state index contributed by atoms with van der Waals surface area (Å²) in [5, 5.41) is 1.84. The normalized spacial score (nSPS) is 10.6. The molecule has 0 unspecified atom stereocenters. The first-order valence-corrected chi connectivity index (χ1v) is 7.20. The van der Waals surface area contributed by atoms with Crippen molar-refractivity contribution in [1.29, 1.82) is 0 Å². The first kappa shape index (κ1) is 13.4. The van der Waals surface area contributed by atoms with Crippen molar-refractivity contribution in [2.24, 2.45) is 0 Å². The molecule has 1 aromatic heterocycles. The number of carbonyl (C=O) groups is 1. The van der Waals surface area contributed by atoms with Crippen LogP contribution in [0.4, 0.5) is 0 Å². The fourth-order valence-electron chi connectivity index (χ4n) is 1.72. The van der Waals surface area contributed by atoms with Gasteiger partial charge in [-0.1, -0.05) is 45.4 Å². The lowest BCUT2D eigenvalue weighted by Crippen LogP contribution is -1.98. The molecule has 3 heteroatoms. The summed E-state index contributed by atoms with van der Waals surface area (Å²) in [6, 6.07) is 0. The van der Waals surface area contributed by atoms with Crippen molar-refractivity contribution >= 4 is 17.1 Å². The predicted octanol–water partition coefficient (Wildman–Crippen LogP) is 4.47. The van der Waals surface area contributed by atoms with Gasteiger partial charge in [0.25, 0.3) is 0 Å². The lowest BCUT2D eigenvalue weighted by Gasteiger charge is -2.00. The van der Waals surface area contributed by atoms with Crippen LogP contribution < -0.4 is 0 Å². The molecular weight excluding hydrogens is 218 g/mol. The van der Waals surface area contributed by atoms with Gasteiger partial charge in [0.2, 0.25) is 0 Å². The highest BCUT2D eigenvalue weighted by Gasteiger charge is 2.06. The number of hydrogen-bond acceptors (Lipinski definition) is 3. The van der Waals surface area contributed by atoms with Crippen molar-refractivity contribution in [1.82, 2.24) is 4.98 Å². The molecule has 0 N–H and O–H groups in total. The van der Waals surface area contributed by atoms with E-state index in [4.69, 9.17) is 0 Å². The third-order valence-corrected chi connectivity index (χ3v) is 3.31. The van der Waals surface area contributed by atoms with Crippen molar-refractivity contribution in [2.75, 3.05) is 0 Å². The smallest absolute Gasteiger partial charge is 0.182 e. The molecular formula is C13H21NOS. The average Bonchev–Trinajstić information content (AvgIpc) is 2.81. The third-order valence-electron chi connectivity index (χ3n) is 2.73. The predicted molar refractivity (Wildman–Crippen MR) is 69.1 cm³/mol. The van der Waals surface area contributed by atoms with Crippen LogP contribution in [-0.4, -0.2) is 10.8 Å². The Morgan fingerprint density at radius 1 is 1.19 bits per heavy atom. The van der Waals surface area contributed by atoms with Gasteiger partial charge in [0.1, 0.15) is 5.69 Å². The van der Waals surface area contributed by atoms with Crippen molar-refractivity contribution in [2.45, 2.75) is 58.3 Å². The van der Waals surface area contributed by atoms with Crippen LogP contribution in [0.3, 0.4) is 0 Å². The molecule has 1 aromatic rings. The van der Waals surface area contributed by atoms with Crippen LogP contribution in [0.15, 0.2) is 10.9 Å². The van der Waals surface area contributed by atoms with Gasteiger partial charge in [-0.2, -0.15) is 0 Å². The van der Waals surface area contributed by atoms with Gasteiger partial charge in [-0.3, -0.25) is 4.79 Å². The summed E-state index contributed by atoms with van der Waals surface area (Å²) in [6.45, 7) is 2.23. The topological polar surface area (TPSA) is 30.0 Å². The van der Waals surface area contributed by atoms with Gasteiger partial charge in [0.05, 0.1) is 5.51 Å². The van der Waals surface area contributed by atoms with Gasteiger partial charge in [-0.25, -0.2) is 4.98 Å². The fraction of sp³-hybridized carbons (Fsp3) is 0.692. The minimum absolute atomic E-state index is 0.204. The molecule has 0 fully saturated rings. The molecule has 0 bridgehead atoms. The number of rotatable bonds is 9. The zero-order chi connectivity index (χ0) is 11.6. The van der Waals surface area contributed by atoms with E-state index in [0.717, 1.165) is 6.42 Å². The Kier molecular flexibility index (Phi) is 7.06. The summed E-state index contributed by atoms with van der Waals surface area (Å²) in [7, 11) is 0. The van der Waals surface area contributed by atoms with Gasteiger partial charge >= 0.3 is 0 Å². The number of ketones is 1. The second-order valence-corrected chi connectivity index (χ2v) is 4.89. The van der Waals surface area contributed by atoms with Gasteiger partial charge < -0.3 is 0 Å². The number of hydrogen-bond donors (Lipinski definition) is 0. The monoisotopic (exact) mass is 239 g/mol. The van der Waals surface area contributed by atoms with Gasteiger partial charge in [0, 0.05) is 11.8 Å². The van der Waals surface area contributed by atoms with E-state index < -0.39 is 0 Å². The second kappa shape index (κ2) is 8.45. The quantitative estimate of drug-likeness (QED) is 0.470. The molecule has 0 saturated carbocycles. The van der Waals surface area contributed by atoms with E-state index in [1.807, 2.05) is 5.38 Å². The molecule has 1 heterocycles. The number of carbonyl (C=O) groups excluding carboxylic acids is 1. The van der Waals surface area contributed by atoms with Crippen LogP contribution in [0.2, 0.25) is 0 Å². The molecule has 0 saturated heterocycles. The molecule has 0 radical (unpaired) electrons. The molecule has 0 aliphatic heterocycles. The average molecular weight is 239 g/mol. The van der Waals surface area contributed by atoms with Crippen molar-refractivity contribution in [3.05, 3.63) is 16.6 Å². The SMILES string of the molecule is CCCCCCCCCC(=O)c1cscn1. The van der Waals surface area contributed by atoms with Crippen molar-refractivity contribution in [3.63, 3.8) is 0 Å². The molecule has 0 atom stereocenters. The zero-order valence-corrected chi connectivity index (χ0v) is 10.9. The number of unbranched alkanes of at least 4 members (excludes halogenated alkanes) is 6. The second-order valence-electron chi connectivity index (χ2n) is 4.17. The van der Waals surface area contributed by atoms with E-state index in [1.54, 1.807) is 5.51 Å². The Hall–Kier alpha value is -0.700. The van der Waals surface area contributed by atoms with E-state index in [9.17, 15) is 4.79 Å². The Bertz CT molecular complexity index is 282. The van der Waals surface area contributed by atoms with Crippen molar-refractivity contribution in [3.8, 4) is 0 Å². The number of thiazole rings is 1. The summed E-state index contributed by atoms with van der Waals surface area (Å²) in [5.41, 5.74) is 2.37. The van der Waals surface area contributed by atoms with Crippen molar-refractivity contribution < 1.29 is 4.79 Å². The highest BCUT2D eigenvalue weighted by Crippen LogP contribution is 2.11. The van der Waals surface area contributed by atoms with E-state index in [1.165, 1.54) is 49.9 Å². The minimum Gasteiger partial charge on any atom is -0.292 e. The van der Waals surface area contributed by atoms with Crippen LogP contribution in [0.5, 0.6) is 0 Å². The summed E-state index contributed by atoms with van der Waals surface area (Å²) in [5.74, 6) is 0.204. The lowest BCUT2D eigenvalue weighted by atomic mass is 10.1. The largest absolute Gasteiger partial charge is 0.292 e. The van der Waals surface area contributed by atoms with Gasteiger partial charge in [0.15, 0.2) is 5.78 Å². The highest BCUT2D eigenvalue weighted by molar-refractivity contribution is 7.07. The summed E-state index contributed by atoms with van der Waals surface area (Å²) in [4.78, 5) is 15.6. The highest BCUT2D eigenvalue weighted by atomic mass is 32.1. The maximum absolute atomic E-state index is 11.6. The molecule has 0 amide bonds. The molecule has 0 spiro atoms. The zero-order valence-electron chi connectivity index (χ0n) is 10.1. The number of nitrogens with zero attached hydrogens (tertiary/aromatic N) is 1. The van der Waals surface area contributed by atoms with Crippen LogP contribution in [0, 0.1) is 0 Å². The first-order chi connectivity index (χ1) is 7.84. The molecule has 0 aromatic carbocycles. The summed E-state index contributed by atoms with van der Waals surface area (Å²) < 4.78 is 0. The fourth-order valence-corrected chi connectivity index (χ4v) is 2.28. The Morgan fingerprint density at radius 2 is 1.88 bits per heavy atom. The van der Waals surface area contributed by atoms with E-state index in [0.29, 0.717) is 12.1 Å². The molecule has 90 valence electrons. The van der Waals surface area contributed by atoms with Crippen LogP contribution in [0.25, 0.3) is 0 Å². The molecule has 16 heavy (non-hydrogen) atoms. The molecule has 0 aliphatic carbocycles. The number of Topliss-reactive ketones (excluding diaryl/α,β-unsaturated/α-hetero) is 1. The molecule has 2 nitrogen and oxygen atoms in total. The minimum atomic E-state index is 0.204. The van der Waals surface area contributed by atoms with E-state index in [-0.39, 0.29) is 5.78 Å². The van der Waals surface area contributed by atoms with Crippen LogP contribution in [-0.2, 0) is 0 Å². The van der Waals surface area contributed by atoms with E-state index in [2.05, 4.69) is 11.9 Å². The van der Waals surface area contributed by atoms with Gasteiger partial charge in [-0.05, 0) is 6.42 Å². The number of aromatic nitrogens is 1. The van der Waals surface area contributed by atoms with Crippen LogP contribution in [0.1, 0.15) is 68.8 Å². The maximum atomic E-state index is 11.6. The third kappa shape index (κ3) is 5.40.